The number of hydrogen-bond acceptors (Lipinski definition) is 2. The molecule has 0 saturated carbocycles. The van der Waals surface area contributed by atoms with Crippen molar-refractivity contribution in [3.8, 4) is 0 Å². The van der Waals surface area contributed by atoms with Gasteiger partial charge in [-0.3, -0.25) is 4.68 Å². The van der Waals surface area contributed by atoms with Crippen LogP contribution in [0.4, 0.5) is 0 Å². The third-order valence-electron chi connectivity index (χ3n) is 2.65. The summed E-state index contributed by atoms with van der Waals surface area (Å²) >= 11 is 3.68. The lowest BCUT2D eigenvalue weighted by Gasteiger charge is -2.29. The van der Waals surface area contributed by atoms with Crippen molar-refractivity contribution in [2.75, 3.05) is 19.6 Å². The van der Waals surface area contributed by atoms with Crippen molar-refractivity contribution in [3.05, 3.63) is 18.5 Å². The van der Waals surface area contributed by atoms with Gasteiger partial charge in [0.05, 0.1) is 6.54 Å². The van der Waals surface area contributed by atoms with Gasteiger partial charge in [0.1, 0.15) is 0 Å². The predicted molar refractivity (Wildman–Crippen MR) is 60.6 cm³/mol. The van der Waals surface area contributed by atoms with Crippen LogP contribution in [0.2, 0.25) is 0 Å². The summed E-state index contributed by atoms with van der Waals surface area (Å²) in [5.41, 5.74) is 0. The summed E-state index contributed by atoms with van der Waals surface area (Å²) in [5, 5.41) is 4.20. The Hall–Kier alpha value is -0.350. The molecule has 14 heavy (non-hydrogen) atoms. The lowest BCUT2D eigenvalue weighted by molar-refractivity contribution is 0.224. The Morgan fingerprint density at radius 1 is 1.43 bits per heavy atom. The van der Waals surface area contributed by atoms with Crippen LogP contribution in [0, 0.1) is 0 Å². The Morgan fingerprint density at radius 3 is 3.07 bits per heavy atom. The van der Waals surface area contributed by atoms with Crippen LogP contribution in [0.5, 0.6) is 0 Å². The molecule has 2 heterocycles. The van der Waals surface area contributed by atoms with Crippen molar-refractivity contribution >= 4 is 15.9 Å². The highest BCUT2D eigenvalue weighted by atomic mass is 79.9. The predicted octanol–water partition coefficient (Wildman–Crippen LogP) is 1.74. The summed E-state index contributed by atoms with van der Waals surface area (Å²) in [7, 11) is 0. The SMILES string of the molecule is BrC1CCCN(CCn2cccn2)C1. The Labute approximate surface area is 93.2 Å². The molecule has 4 heteroatoms. The van der Waals surface area contributed by atoms with Crippen LogP contribution in [-0.4, -0.2) is 39.1 Å². The molecule has 1 aromatic heterocycles. The number of nitrogens with zero attached hydrogens (tertiary/aromatic N) is 3. The smallest absolute Gasteiger partial charge is 0.0536 e. The normalized spacial score (nSPS) is 23.9. The first-order chi connectivity index (χ1) is 6.84. The van der Waals surface area contributed by atoms with Gasteiger partial charge in [-0.15, -0.1) is 0 Å². The maximum Gasteiger partial charge on any atom is 0.0536 e. The zero-order valence-electron chi connectivity index (χ0n) is 8.27. The molecule has 78 valence electrons. The van der Waals surface area contributed by atoms with Crippen molar-refractivity contribution in [2.24, 2.45) is 0 Å². The first-order valence-corrected chi connectivity index (χ1v) is 6.10. The minimum atomic E-state index is 0.689. The quantitative estimate of drug-likeness (QED) is 0.770. The molecule has 1 atom stereocenters. The third-order valence-corrected chi connectivity index (χ3v) is 3.40. The molecule has 3 nitrogen and oxygen atoms in total. The summed E-state index contributed by atoms with van der Waals surface area (Å²) in [6, 6.07) is 1.98. The standard InChI is InChI=1S/C10H16BrN3/c11-10-3-1-5-13(9-10)7-8-14-6-2-4-12-14/h2,4,6,10H,1,3,5,7-9H2. The lowest BCUT2D eigenvalue weighted by Crippen LogP contribution is -2.37. The van der Waals surface area contributed by atoms with E-state index in [9.17, 15) is 0 Å². The molecule has 0 radical (unpaired) electrons. The minimum Gasteiger partial charge on any atom is -0.300 e. The second-order valence-corrected chi connectivity index (χ2v) is 5.10. The molecular weight excluding hydrogens is 242 g/mol. The maximum atomic E-state index is 4.20. The molecule has 1 fully saturated rings. The van der Waals surface area contributed by atoms with Crippen molar-refractivity contribution in [2.45, 2.75) is 24.2 Å². The van der Waals surface area contributed by atoms with Crippen LogP contribution in [0.3, 0.4) is 0 Å². The van der Waals surface area contributed by atoms with Crippen molar-refractivity contribution in [1.82, 2.24) is 14.7 Å². The van der Waals surface area contributed by atoms with Gasteiger partial charge < -0.3 is 4.90 Å². The molecule has 0 aromatic carbocycles. The molecule has 1 aromatic rings. The van der Waals surface area contributed by atoms with Crippen LogP contribution < -0.4 is 0 Å². The van der Waals surface area contributed by atoms with E-state index >= 15 is 0 Å². The molecule has 0 N–H and O–H groups in total. The highest BCUT2D eigenvalue weighted by molar-refractivity contribution is 9.09. The molecule has 1 saturated heterocycles. The highest BCUT2D eigenvalue weighted by Crippen LogP contribution is 2.16. The number of hydrogen-bond donors (Lipinski definition) is 0. The fraction of sp³-hybridized carbons (Fsp3) is 0.700. The molecule has 0 amide bonds. The first-order valence-electron chi connectivity index (χ1n) is 5.18. The Kier molecular flexibility index (Phi) is 3.59. The number of likely N-dealkylation sites (tertiary alicyclic amines) is 1. The summed E-state index contributed by atoms with van der Waals surface area (Å²) in [6.45, 7) is 4.54. The molecule has 0 spiro atoms. The molecule has 1 unspecified atom stereocenters. The van der Waals surface area contributed by atoms with E-state index < -0.39 is 0 Å². The summed E-state index contributed by atoms with van der Waals surface area (Å²) in [4.78, 5) is 3.19. The number of alkyl halides is 1. The van der Waals surface area contributed by atoms with E-state index in [2.05, 4.69) is 25.9 Å². The van der Waals surface area contributed by atoms with E-state index in [1.165, 1.54) is 25.9 Å². The van der Waals surface area contributed by atoms with E-state index in [-0.39, 0.29) is 0 Å². The van der Waals surface area contributed by atoms with Gasteiger partial charge in [-0.2, -0.15) is 5.10 Å². The highest BCUT2D eigenvalue weighted by Gasteiger charge is 2.16. The fourth-order valence-corrected chi connectivity index (χ4v) is 2.61. The topological polar surface area (TPSA) is 21.1 Å². The Morgan fingerprint density at radius 2 is 2.36 bits per heavy atom. The van der Waals surface area contributed by atoms with Gasteiger partial charge in [0.15, 0.2) is 0 Å². The van der Waals surface area contributed by atoms with Gasteiger partial charge in [-0.25, -0.2) is 0 Å². The molecular formula is C10H16BrN3. The number of rotatable bonds is 3. The van der Waals surface area contributed by atoms with Gasteiger partial charge in [-0.05, 0) is 25.5 Å². The average Bonchev–Trinajstić information content (AvgIpc) is 2.67. The van der Waals surface area contributed by atoms with E-state index in [0.29, 0.717) is 4.83 Å². The van der Waals surface area contributed by atoms with Crippen LogP contribution in [0.1, 0.15) is 12.8 Å². The fourth-order valence-electron chi connectivity index (χ4n) is 1.88. The molecule has 1 aliphatic rings. The van der Waals surface area contributed by atoms with Crippen molar-refractivity contribution < 1.29 is 0 Å². The summed E-state index contributed by atoms with van der Waals surface area (Å²) in [6.07, 6.45) is 6.49. The molecule has 1 aliphatic heterocycles. The minimum absolute atomic E-state index is 0.689. The molecule has 0 bridgehead atoms. The third kappa shape index (κ3) is 2.82. The van der Waals surface area contributed by atoms with Crippen molar-refractivity contribution in [3.63, 3.8) is 0 Å². The largest absolute Gasteiger partial charge is 0.300 e. The second-order valence-electron chi connectivity index (χ2n) is 3.81. The van der Waals surface area contributed by atoms with Crippen LogP contribution in [0.25, 0.3) is 0 Å². The van der Waals surface area contributed by atoms with E-state index in [0.717, 1.165) is 13.1 Å². The maximum absolute atomic E-state index is 4.20. The number of piperidine rings is 1. The van der Waals surface area contributed by atoms with Gasteiger partial charge in [0.2, 0.25) is 0 Å². The number of aromatic nitrogens is 2. The van der Waals surface area contributed by atoms with E-state index in [1.54, 1.807) is 0 Å². The summed E-state index contributed by atoms with van der Waals surface area (Å²) < 4.78 is 2.00. The monoisotopic (exact) mass is 257 g/mol. The van der Waals surface area contributed by atoms with Gasteiger partial charge in [0.25, 0.3) is 0 Å². The zero-order valence-corrected chi connectivity index (χ0v) is 9.86. The van der Waals surface area contributed by atoms with Crippen LogP contribution in [-0.2, 0) is 6.54 Å². The van der Waals surface area contributed by atoms with Gasteiger partial charge >= 0.3 is 0 Å². The Balaban J connectivity index is 1.75. The van der Waals surface area contributed by atoms with E-state index in [4.69, 9.17) is 0 Å². The number of halogens is 1. The van der Waals surface area contributed by atoms with E-state index in [1.807, 2.05) is 23.1 Å². The second kappa shape index (κ2) is 4.94. The lowest BCUT2D eigenvalue weighted by atomic mass is 10.1. The van der Waals surface area contributed by atoms with Gasteiger partial charge in [-0.1, -0.05) is 15.9 Å². The van der Waals surface area contributed by atoms with Crippen LogP contribution in [0.15, 0.2) is 18.5 Å². The molecule has 2 rings (SSSR count). The van der Waals surface area contributed by atoms with Gasteiger partial charge in [0, 0.05) is 30.3 Å². The Bertz CT molecular complexity index is 260. The molecule has 0 aliphatic carbocycles. The average molecular weight is 258 g/mol. The summed E-state index contributed by atoms with van der Waals surface area (Å²) in [5.74, 6) is 0. The van der Waals surface area contributed by atoms with Crippen molar-refractivity contribution in [1.29, 1.82) is 0 Å². The van der Waals surface area contributed by atoms with Crippen LogP contribution >= 0.6 is 15.9 Å². The zero-order chi connectivity index (χ0) is 9.80. The first kappa shape index (κ1) is 10.2.